The zero-order chi connectivity index (χ0) is 12.7. The molecular weight excluding hydrogens is 222 g/mol. The van der Waals surface area contributed by atoms with Gasteiger partial charge in [0.05, 0.1) is 31.5 Å². The van der Waals surface area contributed by atoms with Crippen molar-refractivity contribution in [2.75, 3.05) is 7.11 Å². The molecule has 1 aromatic rings. The Kier molecular flexibility index (Phi) is 5.06. The van der Waals surface area contributed by atoms with E-state index in [1.807, 2.05) is 13.0 Å². The highest BCUT2D eigenvalue weighted by Gasteiger charge is 2.06. The molecule has 92 valence electrons. The van der Waals surface area contributed by atoms with Gasteiger partial charge in [-0.1, -0.05) is 0 Å². The number of carbonyl (C=O) groups is 2. The summed E-state index contributed by atoms with van der Waals surface area (Å²) >= 11 is 0. The maximum atomic E-state index is 11.3. The van der Waals surface area contributed by atoms with Crippen LogP contribution in [-0.2, 0) is 20.9 Å². The van der Waals surface area contributed by atoms with Gasteiger partial charge in [0.15, 0.2) is 0 Å². The summed E-state index contributed by atoms with van der Waals surface area (Å²) in [5, 5.41) is 10.4. The maximum absolute atomic E-state index is 11.3. The second-order valence-electron chi connectivity index (χ2n) is 3.52. The molecular formula is C11H15N3O3. The topological polar surface area (TPSA) is 81.2 Å². The van der Waals surface area contributed by atoms with E-state index in [1.165, 1.54) is 7.11 Å². The first-order chi connectivity index (χ1) is 8.11. The van der Waals surface area contributed by atoms with Crippen LogP contribution >= 0.6 is 0 Å². The normalized spacial score (nSPS) is 9.76. The Bertz CT molecular complexity index is 389. The lowest BCUT2D eigenvalue weighted by Crippen LogP contribution is -2.24. The van der Waals surface area contributed by atoms with Gasteiger partial charge in [-0.2, -0.15) is 10.2 Å². The molecule has 1 amide bonds. The lowest BCUT2D eigenvalue weighted by molar-refractivity contribution is -0.142. The monoisotopic (exact) mass is 237 g/mol. The first kappa shape index (κ1) is 13.1. The second-order valence-corrected chi connectivity index (χ2v) is 3.52. The molecule has 0 spiro atoms. The van der Waals surface area contributed by atoms with Crippen molar-refractivity contribution in [1.82, 2.24) is 15.5 Å². The third-order valence-corrected chi connectivity index (χ3v) is 2.10. The number of hydrogen-bond acceptors (Lipinski definition) is 5. The van der Waals surface area contributed by atoms with Crippen molar-refractivity contribution >= 4 is 11.9 Å². The van der Waals surface area contributed by atoms with E-state index < -0.39 is 5.97 Å². The van der Waals surface area contributed by atoms with Crippen LogP contribution in [0.2, 0.25) is 0 Å². The highest BCUT2D eigenvalue weighted by Crippen LogP contribution is 1.96. The average Bonchev–Trinajstić information content (AvgIpc) is 2.35. The molecule has 0 atom stereocenters. The Morgan fingerprint density at radius 3 is 2.65 bits per heavy atom. The van der Waals surface area contributed by atoms with E-state index in [9.17, 15) is 9.59 Å². The number of esters is 1. The second kappa shape index (κ2) is 6.57. The van der Waals surface area contributed by atoms with Crippen LogP contribution in [0.5, 0.6) is 0 Å². The SMILES string of the molecule is COC(=O)CCC(=O)NCc1ccc(C)nn1. The number of methoxy groups -OCH3 is 1. The molecule has 6 nitrogen and oxygen atoms in total. The van der Waals surface area contributed by atoms with Gasteiger partial charge in [0.1, 0.15) is 0 Å². The molecule has 1 aromatic heterocycles. The Balaban J connectivity index is 2.28. The molecule has 1 N–H and O–H groups in total. The first-order valence-electron chi connectivity index (χ1n) is 5.24. The van der Waals surface area contributed by atoms with Crippen LogP contribution in [0, 0.1) is 6.92 Å². The van der Waals surface area contributed by atoms with Gasteiger partial charge in [-0.05, 0) is 19.1 Å². The zero-order valence-corrected chi connectivity index (χ0v) is 9.90. The molecule has 0 saturated heterocycles. The molecule has 0 aliphatic heterocycles. The van der Waals surface area contributed by atoms with E-state index in [2.05, 4.69) is 20.3 Å². The molecule has 1 heterocycles. The summed E-state index contributed by atoms with van der Waals surface area (Å²) in [6.07, 6.45) is 0.202. The third kappa shape index (κ3) is 5.05. The molecule has 0 aromatic carbocycles. The van der Waals surface area contributed by atoms with E-state index in [-0.39, 0.29) is 18.7 Å². The molecule has 0 fully saturated rings. The van der Waals surface area contributed by atoms with Gasteiger partial charge >= 0.3 is 5.97 Å². The minimum Gasteiger partial charge on any atom is -0.469 e. The Labute approximate surface area is 99.4 Å². The van der Waals surface area contributed by atoms with Crippen molar-refractivity contribution in [3.05, 3.63) is 23.5 Å². The zero-order valence-electron chi connectivity index (χ0n) is 9.90. The molecule has 17 heavy (non-hydrogen) atoms. The van der Waals surface area contributed by atoms with Gasteiger partial charge in [0.25, 0.3) is 0 Å². The van der Waals surface area contributed by atoms with Gasteiger partial charge in [0, 0.05) is 6.42 Å². The van der Waals surface area contributed by atoms with Crippen LogP contribution < -0.4 is 5.32 Å². The predicted octanol–water partition coefficient (Wildman–Crippen LogP) is 0.354. The fraction of sp³-hybridized carbons (Fsp3) is 0.455. The van der Waals surface area contributed by atoms with Crippen LogP contribution in [0.4, 0.5) is 0 Å². The summed E-state index contributed by atoms with van der Waals surface area (Å²) < 4.78 is 4.44. The lowest BCUT2D eigenvalue weighted by Gasteiger charge is -2.03. The first-order valence-corrected chi connectivity index (χ1v) is 5.24. The van der Waals surface area contributed by atoms with Crippen molar-refractivity contribution in [2.24, 2.45) is 0 Å². The molecule has 0 radical (unpaired) electrons. The van der Waals surface area contributed by atoms with Crippen LogP contribution in [0.1, 0.15) is 24.2 Å². The van der Waals surface area contributed by atoms with Gasteiger partial charge in [-0.3, -0.25) is 9.59 Å². The van der Waals surface area contributed by atoms with Crippen molar-refractivity contribution in [3.63, 3.8) is 0 Å². The molecule has 0 unspecified atom stereocenters. The number of aromatic nitrogens is 2. The van der Waals surface area contributed by atoms with Crippen molar-refractivity contribution in [3.8, 4) is 0 Å². The number of carbonyl (C=O) groups excluding carboxylic acids is 2. The van der Waals surface area contributed by atoms with Crippen LogP contribution in [0.25, 0.3) is 0 Å². The minimum absolute atomic E-state index is 0.0852. The van der Waals surface area contributed by atoms with E-state index in [1.54, 1.807) is 6.07 Å². The quantitative estimate of drug-likeness (QED) is 0.747. The molecule has 1 rings (SSSR count). The van der Waals surface area contributed by atoms with Crippen molar-refractivity contribution in [2.45, 2.75) is 26.3 Å². The number of ether oxygens (including phenoxy) is 1. The number of nitrogens with zero attached hydrogens (tertiary/aromatic N) is 2. The summed E-state index contributed by atoms with van der Waals surface area (Å²) in [5.74, 6) is -0.604. The van der Waals surface area contributed by atoms with Gasteiger partial charge in [0.2, 0.25) is 5.91 Å². The number of rotatable bonds is 5. The fourth-order valence-electron chi connectivity index (χ4n) is 1.12. The summed E-state index contributed by atoms with van der Waals surface area (Å²) in [6.45, 7) is 2.15. The van der Waals surface area contributed by atoms with E-state index >= 15 is 0 Å². The van der Waals surface area contributed by atoms with E-state index in [0.29, 0.717) is 12.2 Å². The summed E-state index contributed by atoms with van der Waals surface area (Å²) in [5.41, 5.74) is 1.51. The molecule has 6 heteroatoms. The standard InChI is InChI=1S/C11H15N3O3/c1-8-3-4-9(14-13-8)7-12-10(15)5-6-11(16)17-2/h3-4H,5-7H2,1-2H3,(H,12,15). The van der Waals surface area contributed by atoms with Gasteiger partial charge in [-0.15, -0.1) is 0 Å². The molecule has 0 aliphatic rings. The van der Waals surface area contributed by atoms with Crippen LogP contribution in [0.15, 0.2) is 12.1 Å². The fourth-order valence-corrected chi connectivity index (χ4v) is 1.12. The third-order valence-electron chi connectivity index (χ3n) is 2.10. The minimum atomic E-state index is -0.393. The molecule has 0 saturated carbocycles. The Hall–Kier alpha value is -1.98. The van der Waals surface area contributed by atoms with Gasteiger partial charge < -0.3 is 10.1 Å². The smallest absolute Gasteiger partial charge is 0.306 e. The van der Waals surface area contributed by atoms with Crippen molar-refractivity contribution < 1.29 is 14.3 Å². The summed E-state index contributed by atoms with van der Waals surface area (Å²) in [7, 11) is 1.29. The van der Waals surface area contributed by atoms with Crippen molar-refractivity contribution in [1.29, 1.82) is 0 Å². The average molecular weight is 237 g/mol. The lowest BCUT2D eigenvalue weighted by atomic mass is 10.3. The highest BCUT2D eigenvalue weighted by atomic mass is 16.5. The van der Waals surface area contributed by atoms with Crippen LogP contribution in [-0.4, -0.2) is 29.2 Å². The van der Waals surface area contributed by atoms with E-state index in [4.69, 9.17) is 0 Å². The number of aryl methyl sites for hydroxylation is 1. The number of hydrogen-bond donors (Lipinski definition) is 1. The maximum Gasteiger partial charge on any atom is 0.306 e. The highest BCUT2D eigenvalue weighted by molar-refractivity contribution is 5.81. The number of nitrogens with one attached hydrogen (secondary N) is 1. The predicted molar refractivity (Wildman–Crippen MR) is 59.9 cm³/mol. The van der Waals surface area contributed by atoms with Crippen LogP contribution in [0.3, 0.4) is 0 Å². The van der Waals surface area contributed by atoms with E-state index in [0.717, 1.165) is 5.69 Å². The Morgan fingerprint density at radius 2 is 2.06 bits per heavy atom. The summed E-state index contributed by atoms with van der Waals surface area (Å²) in [6, 6.07) is 3.62. The Morgan fingerprint density at radius 1 is 1.29 bits per heavy atom. The van der Waals surface area contributed by atoms with Gasteiger partial charge in [-0.25, -0.2) is 0 Å². The largest absolute Gasteiger partial charge is 0.469 e. The molecule has 0 bridgehead atoms. The molecule has 0 aliphatic carbocycles. The summed E-state index contributed by atoms with van der Waals surface area (Å²) in [4.78, 5) is 22.1. The number of amides is 1.